The lowest BCUT2D eigenvalue weighted by Gasteiger charge is -2.06. The second kappa shape index (κ2) is 7.36. The molecule has 1 unspecified atom stereocenters. The van der Waals surface area contributed by atoms with Crippen molar-refractivity contribution in [2.24, 2.45) is 5.92 Å². The fourth-order valence-electron chi connectivity index (χ4n) is 0.608. The molecule has 1 nitrogen and oxygen atoms in total. The van der Waals surface area contributed by atoms with Crippen molar-refractivity contribution in [2.75, 3.05) is 19.1 Å². The normalized spacial score (nSPS) is 13.5. The van der Waals surface area contributed by atoms with Crippen LogP contribution in [-0.2, 0) is 4.74 Å². The summed E-state index contributed by atoms with van der Waals surface area (Å²) in [5, 5.41) is 0. The molecule has 0 amide bonds. The van der Waals surface area contributed by atoms with Gasteiger partial charge in [0.05, 0.1) is 0 Å². The first-order valence-corrected chi connectivity index (χ1v) is 4.48. The van der Waals surface area contributed by atoms with Gasteiger partial charge in [-0.3, -0.25) is 0 Å². The lowest BCUT2D eigenvalue weighted by molar-refractivity contribution is 0.124. The minimum Gasteiger partial charge on any atom is -0.381 e. The van der Waals surface area contributed by atoms with Crippen LogP contribution in [0.4, 0.5) is 0 Å². The fraction of sp³-hybridized carbons (Fsp3) is 1.00. The molecule has 0 saturated heterocycles. The maximum absolute atomic E-state index is 5.61. The first-order valence-electron chi connectivity index (χ1n) is 3.95. The molecule has 0 aromatic rings. The zero-order valence-electron chi connectivity index (χ0n) is 6.90. The van der Waals surface area contributed by atoms with Crippen LogP contribution in [0.1, 0.15) is 26.7 Å². The predicted octanol–water partition coefficient (Wildman–Crippen LogP) is 2.68. The lowest BCUT2D eigenvalue weighted by Crippen LogP contribution is -2.03. The largest absolute Gasteiger partial charge is 0.381 e. The van der Waals surface area contributed by atoms with Gasteiger partial charge in [0.2, 0.25) is 0 Å². The van der Waals surface area contributed by atoms with Crippen LogP contribution in [0, 0.1) is 5.92 Å². The number of alkyl halides is 1. The summed E-state index contributed by atoms with van der Waals surface area (Å²) in [6, 6.07) is 0. The summed E-state index contributed by atoms with van der Waals surface area (Å²) in [5.74, 6) is 1.34. The molecule has 0 spiro atoms. The average Bonchev–Trinajstić information content (AvgIpc) is 1.98. The zero-order chi connectivity index (χ0) is 7.82. The van der Waals surface area contributed by atoms with Gasteiger partial charge in [-0.15, -0.1) is 11.6 Å². The van der Waals surface area contributed by atoms with Crippen LogP contribution in [0.2, 0.25) is 0 Å². The van der Waals surface area contributed by atoms with Crippen molar-refractivity contribution in [2.45, 2.75) is 26.7 Å². The first kappa shape index (κ1) is 10.2. The molecule has 0 aliphatic heterocycles. The van der Waals surface area contributed by atoms with Crippen molar-refractivity contribution >= 4 is 11.6 Å². The van der Waals surface area contributed by atoms with Gasteiger partial charge in [-0.25, -0.2) is 0 Å². The van der Waals surface area contributed by atoms with Crippen molar-refractivity contribution in [1.82, 2.24) is 0 Å². The molecule has 0 aromatic carbocycles. The molecule has 0 heterocycles. The molecule has 2 heteroatoms. The Labute approximate surface area is 68.7 Å². The Kier molecular flexibility index (Phi) is 7.54. The zero-order valence-corrected chi connectivity index (χ0v) is 7.66. The summed E-state index contributed by atoms with van der Waals surface area (Å²) < 4.78 is 5.30. The highest BCUT2D eigenvalue weighted by Crippen LogP contribution is 2.03. The van der Waals surface area contributed by atoms with Gasteiger partial charge in [0.25, 0.3) is 0 Å². The van der Waals surface area contributed by atoms with Crippen LogP contribution < -0.4 is 0 Å². The van der Waals surface area contributed by atoms with E-state index in [0.29, 0.717) is 5.92 Å². The second-order valence-corrected chi connectivity index (χ2v) is 2.97. The SMILES string of the molecule is CCCOCCC(C)CCl. The van der Waals surface area contributed by atoms with Crippen LogP contribution in [0.25, 0.3) is 0 Å². The number of hydrogen-bond donors (Lipinski definition) is 0. The van der Waals surface area contributed by atoms with Gasteiger partial charge in [0.1, 0.15) is 0 Å². The minimum absolute atomic E-state index is 0.596. The van der Waals surface area contributed by atoms with E-state index in [1.165, 1.54) is 0 Å². The third-order valence-corrected chi connectivity index (χ3v) is 1.89. The van der Waals surface area contributed by atoms with Gasteiger partial charge in [-0.2, -0.15) is 0 Å². The van der Waals surface area contributed by atoms with E-state index < -0.39 is 0 Å². The molecule has 0 saturated carbocycles. The van der Waals surface area contributed by atoms with Crippen molar-refractivity contribution in [3.63, 3.8) is 0 Å². The van der Waals surface area contributed by atoms with Gasteiger partial charge >= 0.3 is 0 Å². The second-order valence-electron chi connectivity index (χ2n) is 2.66. The third kappa shape index (κ3) is 6.37. The van der Waals surface area contributed by atoms with E-state index in [9.17, 15) is 0 Å². The molecule has 62 valence electrons. The maximum atomic E-state index is 5.61. The molecule has 0 rings (SSSR count). The Bertz CT molecular complexity index is 66.3. The van der Waals surface area contributed by atoms with Gasteiger partial charge in [0, 0.05) is 19.1 Å². The van der Waals surface area contributed by atoms with Crippen molar-refractivity contribution in [3.8, 4) is 0 Å². The summed E-state index contributed by atoms with van der Waals surface area (Å²) in [4.78, 5) is 0. The Balaban J connectivity index is 2.89. The summed E-state index contributed by atoms with van der Waals surface area (Å²) in [6.07, 6.45) is 2.19. The van der Waals surface area contributed by atoms with Crippen molar-refractivity contribution < 1.29 is 4.74 Å². The van der Waals surface area contributed by atoms with Crippen LogP contribution >= 0.6 is 11.6 Å². The molecular formula is C8H17ClO. The quantitative estimate of drug-likeness (QED) is 0.433. The molecule has 0 N–H and O–H groups in total. The predicted molar refractivity (Wildman–Crippen MR) is 45.6 cm³/mol. The Morgan fingerprint density at radius 2 is 2.10 bits per heavy atom. The molecule has 0 radical (unpaired) electrons. The van der Waals surface area contributed by atoms with E-state index in [1.54, 1.807) is 0 Å². The number of hydrogen-bond acceptors (Lipinski definition) is 1. The molecule has 1 atom stereocenters. The number of rotatable bonds is 6. The summed E-state index contributed by atoms with van der Waals surface area (Å²) in [5.41, 5.74) is 0. The number of ether oxygens (including phenoxy) is 1. The van der Waals surface area contributed by atoms with Crippen LogP contribution in [-0.4, -0.2) is 19.1 Å². The molecule has 0 aliphatic carbocycles. The van der Waals surface area contributed by atoms with Gasteiger partial charge in [0.15, 0.2) is 0 Å². The van der Waals surface area contributed by atoms with Crippen LogP contribution in [0.3, 0.4) is 0 Å². The Hall–Kier alpha value is 0.250. The standard InChI is InChI=1S/C8H17ClO/c1-3-5-10-6-4-8(2)7-9/h8H,3-7H2,1-2H3. The summed E-state index contributed by atoms with van der Waals surface area (Å²) in [6.45, 7) is 6.00. The van der Waals surface area contributed by atoms with Gasteiger partial charge in [-0.1, -0.05) is 13.8 Å². The smallest absolute Gasteiger partial charge is 0.0468 e. The fourth-order valence-corrected chi connectivity index (χ4v) is 0.762. The lowest BCUT2D eigenvalue weighted by atomic mass is 10.1. The van der Waals surface area contributed by atoms with E-state index in [-0.39, 0.29) is 0 Å². The minimum atomic E-state index is 0.596. The highest BCUT2D eigenvalue weighted by Gasteiger charge is 1.97. The molecule has 0 aromatic heterocycles. The topological polar surface area (TPSA) is 9.23 Å². The third-order valence-electron chi connectivity index (χ3n) is 1.37. The molecular weight excluding hydrogens is 148 g/mol. The van der Waals surface area contributed by atoms with E-state index in [4.69, 9.17) is 16.3 Å². The van der Waals surface area contributed by atoms with Gasteiger partial charge < -0.3 is 4.74 Å². The number of halogens is 1. The molecule has 0 bridgehead atoms. The Morgan fingerprint density at radius 3 is 2.60 bits per heavy atom. The first-order chi connectivity index (χ1) is 4.81. The van der Waals surface area contributed by atoms with Crippen molar-refractivity contribution in [1.29, 1.82) is 0 Å². The average molecular weight is 165 g/mol. The highest BCUT2D eigenvalue weighted by molar-refractivity contribution is 6.18. The maximum Gasteiger partial charge on any atom is 0.0468 e. The van der Waals surface area contributed by atoms with Crippen LogP contribution in [0.5, 0.6) is 0 Å². The molecule has 0 aliphatic rings. The highest BCUT2D eigenvalue weighted by atomic mass is 35.5. The Morgan fingerprint density at radius 1 is 1.40 bits per heavy atom. The summed E-state index contributed by atoms with van der Waals surface area (Å²) >= 11 is 5.61. The van der Waals surface area contributed by atoms with E-state index in [1.807, 2.05) is 0 Å². The van der Waals surface area contributed by atoms with Gasteiger partial charge in [-0.05, 0) is 18.8 Å². The van der Waals surface area contributed by atoms with E-state index in [0.717, 1.165) is 31.9 Å². The molecule has 0 fully saturated rings. The van der Waals surface area contributed by atoms with Crippen LogP contribution in [0.15, 0.2) is 0 Å². The monoisotopic (exact) mass is 164 g/mol. The van der Waals surface area contributed by atoms with E-state index >= 15 is 0 Å². The van der Waals surface area contributed by atoms with Crippen molar-refractivity contribution in [3.05, 3.63) is 0 Å². The summed E-state index contributed by atoms with van der Waals surface area (Å²) in [7, 11) is 0. The molecule has 10 heavy (non-hydrogen) atoms. The van der Waals surface area contributed by atoms with E-state index in [2.05, 4.69) is 13.8 Å².